The maximum atomic E-state index is 5.94. The Labute approximate surface area is 157 Å². The van der Waals surface area contributed by atoms with Crippen LogP contribution in [0, 0.1) is 6.92 Å². The number of aryl methyl sites for hydroxylation is 1. The molecule has 1 aromatic carbocycles. The van der Waals surface area contributed by atoms with Crippen LogP contribution in [0.4, 0.5) is 0 Å². The van der Waals surface area contributed by atoms with Gasteiger partial charge in [-0.25, -0.2) is 0 Å². The molecule has 0 aliphatic rings. The zero-order valence-electron chi connectivity index (χ0n) is 15.7. The van der Waals surface area contributed by atoms with Crippen LogP contribution in [0.2, 0.25) is 0 Å². The number of nitrogens with zero attached hydrogens (tertiary/aromatic N) is 1. The van der Waals surface area contributed by atoms with Gasteiger partial charge in [0.1, 0.15) is 0 Å². The van der Waals surface area contributed by atoms with Gasteiger partial charge in [-0.1, -0.05) is 73.3 Å². The molecule has 0 atom stereocenters. The molecule has 2 heteroatoms. The lowest BCUT2D eigenvalue weighted by Crippen LogP contribution is -2.11. The number of hydrogen-bond acceptors (Lipinski definition) is 1. The molecule has 0 radical (unpaired) electrons. The predicted octanol–water partition coefficient (Wildman–Crippen LogP) is 5.56. The van der Waals surface area contributed by atoms with Gasteiger partial charge in [0.25, 0.3) is 0 Å². The average molecular weight is 345 g/mol. The Kier molecular flexibility index (Phi) is 7.66. The first kappa shape index (κ1) is 19.5. The Morgan fingerprint density at radius 2 is 1.69 bits per heavy atom. The van der Waals surface area contributed by atoms with Crippen molar-refractivity contribution in [3.05, 3.63) is 108 Å². The standard InChI is InChI=1S/C24H28N2/c1-4-6-14-21(5-2)24-22(18-19-25)15-10-7-9-13-20(3)26(24)23-16-11-8-12-17-23/h4-17H,1,18-19,25H2,2-3H3/b9-7?,14-6-,15-10?,20-13?,21-5+,24-22?. The van der Waals surface area contributed by atoms with Gasteiger partial charge in [0.05, 0.1) is 5.69 Å². The second kappa shape index (κ2) is 10.2. The predicted molar refractivity (Wildman–Crippen MR) is 114 cm³/mol. The van der Waals surface area contributed by atoms with E-state index in [0.29, 0.717) is 6.54 Å². The van der Waals surface area contributed by atoms with Gasteiger partial charge in [0.15, 0.2) is 0 Å². The normalized spacial score (nSPS) is 11.4. The molecule has 0 spiro atoms. The zero-order valence-corrected chi connectivity index (χ0v) is 15.7. The summed E-state index contributed by atoms with van der Waals surface area (Å²) in [4.78, 5) is 0. The van der Waals surface area contributed by atoms with Gasteiger partial charge >= 0.3 is 0 Å². The van der Waals surface area contributed by atoms with Crippen molar-refractivity contribution >= 4 is 5.57 Å². The summed E-state index contributed by atoms with van der Waals surface area (Å²) in [6.07, 6.45) is 8.80. The molecule has 2 rings (SSSR count). The molecule has 1 aromatic heterocycles. The van der Waals surface area contributed by atoms with Crippen LogP contribution in [0.15, 0.2) is 91.5 Å². The highest BCUT2D eigenvalue weighted by atomic mass is 15.0. The lowest BCUT2D eigenvalue weighted by atomic mass is 10.0. The van der Waals surface area contributed by atoms with Gasteiger partial charge < -0.3 is 10.3 Å². The van der Waals surface area contributed by atoms with Crippen LogP contribution < -0.4 is 5.73 Å². The van der Waals surface area contributed by atoms with Crippen molar-refractivity contribution in [1.82, 2.24) is 4.57 Å². The summed E-state index contributed by atoms with van der Waals surface area (Å²) in [5.74, 6) is 0. The molecule has 2 nitrogen and oxygen atoms in total. The van der Waals surface area contributed by atoms with Gasteiger partial charge in [-0.2, -0.15) is 0 Å². The number of rotatable bonds is 6. The molecule has 2 N–H and O–H groups in total. The summed E-state index contributed by atoms with van der Waals surface area (Å²) in [5.41, 5.74) is 11.7. The second-order valence-corrected chi connectivity index (χ2v) is 5.97. The molecule has 0 aliphatic heterocycles. The van der Waals surface area contributed by atoms with E-state index in [-0.39, 0.29) is 0 Å². The Hall–Kier alpha value is -2.84. The lowest BCUT2D eigenvalue weighted by molar-refractivity contribution is 0.908. The summed E-state index contributed by atoms with van der Waals surface area (Å²) in [6.45, 7) is 8.60. The molecule has 26 heavy (non-hydrogen) atoms. The van der Waals surface area contributed by atoms with Crippen molar-refractivity contribution < 1.29 is 0 Å². The van der Waals surface area contributed by atoms with Crippen LogP contribution in [-0.4, -0.2) is 11.1 Å². The Morgan fingerprint density at radius 1 is 1.04 bits per heavy atom. The number of hydrogen-bond donors (Lipinski definition) is 1. The van der Waals surface area contributed by atoms with E-state index in [1.807, 2.05) is 12.1 Å². The van der Waals surface area contributed by atoms with Crippen LogP contribution in [0.25, 0.3) is 11.3 Å². The van der Waals surface area contributed by atoms with E-state index in [2.05, 4.69) is 91.7 Å². The fraction of sp³-hybridized carbons (Fsp3) is 0.167. The van der Waals surface area contributed by atoms with Crippen molar-refractivity contribution in [2.45, 2.75) is 20.3 Å². The minimum Gasteiger partial charge on any atom is -0.330 e. The summed E-state index contributed by atoms with van der Waals surface area (Å²) in [6, 6.07) is 20.9. The maximum Gasteiger partial charge on any atom is 0.0559 e. The highest BCUT2D eigenvalue weighted by molar-refractivity contribution is 5.75. The summed E-state index contributed by atoms with van der Waals surface area (Å²) >= 11 is 0. The molecule has 0 amide bonds. The Balaban J connectivity index is 2.99. The highest BCUT2D eigenvalue weighted by Crippen LogP contribution is 2.25. The van der Waals surface area contributed by atoms with Gasteiger partial charge in [-0.05, 0) is 56.1 Å². The number of benzene rings is 1. The van der Waals surface area contributed by atoms with Crippen molar-refractivity contribution in [1.29, 1.82) is 0 Å². The molecule has 0 unspecified atom stereocenters. The minimum absolute atomic E-state index is 0.598. The zero-order chi connectivity index (χ0) is 18.8. The summed E-state index contributed by atoms with van der Waals surface area (Å²) < 4.78 is 2.30. The lowest BCUT2D eigenvalue weighted by Gasteiger charge is -2.19. The van der Waals surface area contributed by atoms with Crippen LogP contribution in [0.5, 0.6) is 0 Å². The first-order valence-corrected chi connectivity index (χ1v) is 8.98. The van der Waals surface area contributed by atoms with Gasteiger partial charge in [0.2, 0.25) is 0 Å². The minimum atomic E-state index is 0.598. The largest absolute Gasteiger partial charge is 0.330 e. The van der Waals surface area contributed by atoms with E-state index in [0.717, 1.165) is 29.1 Å². The molecule has 1 heterocycles. The highest BCUT2D eigenvalue weighted by Gasteiger charge is 2.11. The first-order valence-electron chi connectivity index (χ1n) is 8.98. The van der Waals surface area contributed by atoms with Crippen molar-refractivity contribution in [3.8, 4) is 5.69 Å². The molecule has 0 fully saturated rings. The molecule has 0 aliphatic carbocycles. The fourth-order valence-corrected chi connectivity index (χ4v) is 2.97. The van der Waals surface area contributed by atoms with E-state index in [1.54, 1.807) is 6.08 Å². The SMILES string of the molecule is C=C/C=C\C(=C/C)c1c(CCN)cccccc(C)n1-c1ccccc1. The van der Waals surface area contributed by atoms with E-state index >= 15 is 0 Å². The molecule has 134 valence electrons. The average Bonchev–Trinajstić information content (AvgIpc) is 2.74. The van der Waals surface area contributed by atoms with Crippen LogP contribution in [-0.2, 0) is 6.42 Å². The van der Waals surface area contributed by atoms with Crippen LogP contribution >= 0.6 is 0 Å². The molecule has 0 saturated heterocycles. The Bertz CT molecular complexity index is 838. The van der Waals surface area contributed by atoms with Crippen molar-refractivity contribution in [3.63, 3.8) is 0 Å². The quantitative estimate of drug-likeness (QED) is 0.684. The molecular weight excluding hydrogens is 316 g/mol. The van der Waals surface area contributed by atoms with Crippen LogP contribution in [0.3, 0.4) is 0 Å². The second-order valence-electron chi connectivity index (χ2n) is 5.97. The third kappa shape index (κ3) is 4.84. The van der Waals surface area contributed by atoms with E-state index < -0.39 is 0 Å². The van der Waals surface area contributed by atoms with E-state index in [9.17, 15) is 0 Å². The van der Waals surface area contributed by atoms with Gasteiger partial charge in [0, 0.05) is 11.4 Å². The fourth-order valence-electron chi connectivity index (χ4n) is 2.97. The monoisotopic (exact) mass is 344 g/mol. The van der Waals surface area contributed by atoms with Crippen LogP contribution in [0.1, 0.15) is 23.9 Å². The number of aromatic nitrogens is 1. The Morgan fingerprint density at radius 3 is 2.31 bits per heavy atom. The molecule has 0 saturated carbocycles. The summed E-state index contributed by atoms with van der Waals surface area (Å²) in [7, 11) is 0. The van der Waals surface area contributed by atoms with Gasteiger partial charge in [-0.15, -0.1) is 0 Å². The van der Waals surface area contributed by atoms with E-state index in [1.165, 1.54) is 5.56 Å². The third-order valence-corrected chi connectivity index (χ3v) is 4.16. The number of para-hydroxylation sites is 1. The maximum absolute atomic E-state index is 5.94. The first-order chi connectivity index (χ1) is 12.7. The van der Waals surface area contributed by atoms with Crippen molar-refractivity contribution in [2.75, 3.05) is 6.54 Å². The molecular formula is C24H28N2. The van der Waals surface area contributed by atoms with Gasteiger partial charge in [-0.3, -0.25) is 0 Å². The smallest absolute Gasteiger partial charge is 0.0559 e. The van der Waals surface area contributed by atoms with Crippen molar-refractivity contribution in [2.24, 2.45) is 5.73 Å². The third-order valence-electron chi connectivity index (χ3n) is 4.16. The molecule has 2 aromatic rings. The van der Waals surface area contributed by atoms with E-state index in [4.69, 9.17) is 5.73 Å². The molecule has 0 bridgehead atoms. The number of allylic oxidation sites excluding steroid dienone is 5. The number of nitrogens with two attached hydrogens (primary N) is 1. The topological polar surface area (TPSA) is 30.9 Å². The summed E-state index contributed by atoms with van der Waals surface area (Å²) in [5, 5.41) is 0.